The molecule has 0 aliphatic heterocycles. The Morgan fingerprint density at radius 2 is 0.771 bits per heavy atom. The van der Waals surface area contributed by atoms with Crippen LogP contribution in [0.15, 0.2) is 0 Å². The highest BCUT2D eigenvalue weighted by molar-refractivity contribution is 6.09. The Hall–Kier alpha value is -0.110. The van der Waals surface area contributed by atoms with E-state index >= 15 is 0 Å². The molecule has 0 spiro atoms. The topological polar surface area (TPSA) is 55.4 Å². The average Bonchev–Trinajstić information content (AvgIpc) is 2.81. The third-order valence-electron chi connectivity index (χ3n) is 5.03. The molecule has 0 heterocycles. The van der Waals surface area contributed by atoms with Gasteiger partial charge >= 0.3 is 0 Å². The standard InChI is InChI=1S/C13H26B2O3.C13H28O3.CH4/c1-5-10(2)18-13(8-16-11(3)6-14)9-17-12(4)7-15;1-7-12(6)16-13(8-14-10(2)3)9-15-11(4)5;/h10-13H,5-9H2,1-4H3;10-13H,7-9H2,1-6H3;1H4. The summed E-state index contributed by atoms with van der Waals surface area (Å²) in [5.41, 5.74) is 0. The van der Waals surface area contributed by atoms with Crippen LogP contribution >= 0.6 is 0 Å². The number of hydrogen-bond donors (Lipinski definition) is 0. The molecule has 208 valence electrons. The second kappa shape index (κ2) is 25.5. The van der Waals surface area contributed by atoms with Gasteiger partial charge in [0.15, 0.2) is 0 Å². The van der Waals surface area contributed by atoms with Gasteiger partial charge in [0.25, 0.3) is 0 Å². The zero-order valence-electron chi connectivity index (χ0n) is 23.9. The second-order valence-corrected chi connectivity index (χ2v) is 9.48. The first-order valence-corrected chi connectivity index (χ1v) is 13.2. The van der Waals surface area contributed by atoms with E-state index < -0.39 is 0 Å². The summed E-state index contributed by atoms with van der Waals surface area (Å²) in [6, 6.07) is 0. The van der Waals surface area contributed by atoms with Gasteiger partial charge < -0.3 is 28.4 Å². The van der Waals surface area contributed by atoms with Gasteiger partial charge in [-0.2, -0.15) is 0 Å². The van der Waals surface area contributed by atoms with Gasteiger partial charge in [-0.05, 0) is 68.2 Å². The van der Waals surface area contributed by atoms with Crippen LogP contribution in [0.2, 0.25) is 12.6 Å². The lowest BCUT2D eigenvalue weighted by Gasteiger charge is -2.24. The molecule has 35 heavy (non-hydrogen) atoms. The normalized spacial score (nSPS) is 15.8. The van der Waals surface area contributed by atoms with Gasteiger partial charge in [-0.1, -0.05) is 33.9 Å². The number of hydrogen-bond acceptors (Lipinski definition) is 6. The van der Waals surface area contributed by atoms with Crippen LogP contribution in [0.25, 0.3) is 0 Å². The first-order valence-electron chi connectivity index (χ1n) is 13.2. The Bertz CT molecular complexity index is 402. The fourth-order valence-electron chi connectivity index (χ4n) is 2.38. The van der Waals surface area contributed by atoms with Gasteiger partial charge in [-0.25, -0.2) is 0 Å². The predicted octanol–water partition coefficient (Wildman–Crippen LogP) is 5.81. The molecule has 0 bridgehead atoms. The monoisotopic (exact) mass is 500 g/mol. The van der Waals surface area contributed by atoms with Crippen molar-refractivity contribution in [3.05, 3.63) is 0 Å². The molecule has 0 aromatic rings. The number of rotatable bonds is 20. The minimum atomic E-state index is -0.0667. The lowest BCUT2D eigenvalue weighted by molar-refractivity contribution is -0.104. The van der Waals surface area contributed by atoms with Crippen LogP contribution in [0, 0.1) is 0 Å². The molecule has 0 saturated heterocycles. The molecule has 0 N–H and O–H groups in total. The Labute approximate surface area is 221 Å². The van der Waals surface area contributed by atoms with E-state index in [1.54, 1.807) is 0 Å². The number of ether oxygens (including phenoxy) is 6. The predicted molar refractivity (Wildman–Crippen MR) is 150 cm³/mol. The second-order valence-electron chi connectivity index (χ2n) is 9.48. The van der Waals surface area contributed by atoms with Gasteiger partial charge in [0, 0.05) is 12.2 Å². The molecule has 0 aromatic heterocycles. The van der Waals surface area contributed by atoms with Crippen molar-refractivity contribution >= 4 is 15.7 Å². The smallest absolute Gasteiger partial charge is 0.104 e. The minimum Gasteiger partial charge on any atom is -0.376 e. The highest BCUT2D eigenvalue weighted by Gasteiger charge is 2.16. The van der Waals surface area contributed by atoms with Crippen LogP contribution in [0.5, 0.6) is 0 Å². The third kappa shape index (κ3) is 26.8. The summed E-state index contributed by atoms with van der Waals surface area (Å²) in [6.45, 7) is 22.6. The largest absolute Gasteiger partial charge is 0.376 e. The molecule has 0 aromatic carbocycles. The van der Waals surface area contributed by atoms with E-state index in [1.807, 2.05) is 48.5 Å². The molecule has 0 saturated carbocycles. The highest BCUT2D eigenvalue weighted by atomic mass is 16.6. The Morgan fingerprint density at radius 3 is 1.00 bits per heavy atom. The molecule has 0 rings (SSSR count). The molecule has 4 unspecified atom stereocenters. The van der Waals surface area contributed by atoms with Crippen LogP contribution in [-0.4, -0.2) is 91.0 Å². The molecule has 6 nitrogen and oxygen atoms in total. The van der Waals surface area contributed by atoms with E-state index in [0.717, 1.165) is 12.8 Å². The highest BCUT2D eigenvalue weighted by Crippen LogP contribution is 2.08. The van der Waals surface area contributed by atoms with E-state index in [1.165, 1.54) is 0 Å². The Morgan fingerprint density at radius 1 is 0.486 bits per heavy atom. The maximum atomic E-state index is 5.86. The Balaban J connectivity index is -0.000000573. The average molecular weight is 500 g/mol. The van der Waals surface area contributed by atoms with Crippen molar-refractivity contribution in [2.75, 3.05) is 26.4 Å². The SMILES string of the molecule is C.CCC(C)OC(COC(C)C)COC(C)C.[B]CC(C)OCC(COC(C)C[B])OC(C)CC. The fourth-order valence-corrected chi connectivity index (χ4v) is 2.38. The van der Waals surface area contributed by atoms with Crippen molar-refractivity contribution in [3.63, 3.8) is 0 Å². The maximum absolute atomic E-state index is 5.86. The molecule has 8 heteroatoms. The summed E-state index contributed by atoms with van der Waals surface area (Å²) in [4.78, 5) is 0. The van der Waals surface area contributed by atoms with Crippen LogP contribution in [0.1, 0.15) is 89.5 Å². The molecule has 0 aliphatic rings. The van der Waals surface area contributed by atoms with E-state index in [9.17, 15) is 0 Å². The summed E-state index contributed by atoms with van der Waals surface area (Å²) in [5, 5.41) is 0. The molecule has 4 radical (unpaired) electrons. The van der Waals surface area contributed by atoms with Crippen LogP contribution in [-0.2, 0) is 28.4 Å². The van der Waals surface area contributed by atoms with E-state index in [-0.39, 0.29) is 56.3 Å². The van der Waals surface area contributed by atoms with Crippen LogP contribution in [0.4, 0.5) is 0 Å². The molecule has 0 aliphatic carbocycles. The van der Waals surface area contributed by atoms with Crippen LogP contribution < -0.4 is 0 Å². The lowest BCUT2D eigenvalue weighted by atomic mass is 10.0. The summed E-state index contributed by atoms with van der Waals surface area (Å²) in [7, 11) is 11.0. The fraction of sp³-hybridized carbons (Fsp3) is 1.00. The van der Waals surface area contributed by atoms with E-state index in [2.05, 4.69) is 20.8 Å². The van der Waals surface area contributed by atoms with Crippen molar-refractivity contribution in [1.82, 2.24) is 0 Å². The van der Waals surface area contributed by atoms with E-state index in [4.69, 9.17) is 44.1 Å². The van der Waals surface area contributed by atoms with Gasteiger partial charge in [0.05, 0.1) is 66.5 Å². The van der Waals surface area contributed by atoms with Gasteiger partial charge in [0.2, 0.25) is 0 Å². The summed E-state index contributed by atoms with van der Waals surface area (Å²) in [6.07, 6.45) is 3.99. The third-order valence-corrected chi connectivity index (χ3v) is 5.03. The zero-order chi connectivity index (χ0) is 26.5. The van der Waals surface area contributed by atoms with Crippen molar-refractivity contribution in [1.29, 1.82) is 0 Å². The van der Waals surface area contributed by atoms with Gasteiger partial charge in [0.1, 0.15) is 12.2 Å². The van der Waals surface area contributed by atoms with Crippen molar-refractivity contribution in [2.45, 2.75) is 151 Å². The minimum absolute atomic E-state index is 0. The molecule has 4 atom stereocenters. The van der Waals surface area contributed by atoms with Crippen molar-refractivity contribution in [3.8, 4) is 0 Å². The molecular formula is C27H58B2O6. The lowest BCUT2D eigenvalue weighted by Crippen LogP contribution is -2.32. The van der Waals surface area contributed by atoms with Crippen molar-refractivity contribution in [2.24, 2.45) is 0 Å². The zero-order valence-corrected chi connectivity index (χ0v) is 23.9. The Kier molecular flexibility index (Phi) is 28.7. The van der Waals surface area contributed by atoms with Crippen LogP contribution in [0.3, 0.4) is 0 Å². The summed E-state index contributed by atoms with van der Waals surface area (Å²) in [5.74, 6) is 0. The first kappa shape index (κ1) is 39.4. The quantitative estimate of drug-likeness (QED) is 0.197. The summed E-state index contributed by atoms with van der Waals surface area (Å²) < 4.78 is 34.1. The van der Waals surface area contributed by atoms with Crippen molar-refractivity contribution < 1.29 is 28.4 Å². The van der Waals surface area contributed by atoms with Gasteiger partial charge in [-0.3, -0.25) is 0 Å². The first-order chi connectivity index (χ1) is 16.0. The molecule has 0 fully saturated rings. The summed E-state index contributed by atoms with van der Waals surface area (Å²) >= 11 is 0. The van der Waals surface area contributed by atoms with Gasteiger partial charge in [-0.15, -0.1) is 0 Å². The molecular weight excluding hydrogens is 442 g/mol. The van der Waals surface area contributed by atoms with E-state index in [0.29, 0.717) is 39.1 Å². The maximum Gasteiger partial charge on any atom is 0.104 e. The molecule has 0 amide bonds.